The largest absolute Gasteiger partial charge is 0.371 e. The Bertz CT molecular complexity index is 533. The third-order valence-electron chi connectivity index (χ3n) is 2.98. The second-order valence-electron chi connectivity index (χ2n) is 4.70. The summed E-state index contributed by atoms with van der Waals surface area (Å²) in [6, 6.07) is 3.55. The van der Waals surface area contributed by atoms with Crippen molar-refractivity contribution in [2.45, 2.75) is 32.4 Å². The van der Waals surface area contributed by atoms with Gasteiger partial charge in [0, 0.05) is 6.04 Å². The van der Waals surface area contributed by atoms with E-state index in [2.05, 4.69) is 5.32 Å². The van der Waals surface area contributed by atoms with Gasteiger partial charge in [-0.05, 0) is 26.0 Å². The fraction of sp³-hybridized carbons (Fsp3) is 0.385. The number of rotatable bonds is 3. The highest BCUT2D eigenvalue weighted by Gasteiger charge is 2.40. The van der Waals surface area contributed by atoms with Gasteiger partial charge in [0.1, 0.15) is 6.04 Å². The van der Waals surface area contributed by atoms with Gasteiger partial charge in [-0.15, -0.1) is 0 Å². The van der Waals surface area contributed by atoms with Gasteiger partial charge in [0.2, 0.25) is 5.91 Å². The van der Waals surface area contributed by atoms with Crippen LogP contribution in [0, 0.1) is 5.82 Å². The van der Waals surface area contributed by atoms with Gasteiger partial charge in [-0.3, -0.25) is 14.5 Å². The Morgan fingerprint density at radius 2 is 2.11 bits per heavy atom. The SMILES string of the molecule is CC(C)N1C(=O)CC(Nc2cccc(Cl)c2F)C1=O. The number of benzene rings is 1. The average molecular weight is 285 g/mol. The lowest BCUT2D eigenvalue weighted by Gasteiger charge is -2.19. The molecule has 0 aliphatic carbocycles. The molecule has 1 atom stereocenters. The van der Waals surface area contributed by atoms with Crippen LogP contribution in [0.25, 0.3) is 0 Å². The van der Waals surface area contributed by atoms with E-state index in [0.717, 1.165) is 0 Å². The molecule has 1 heterocycles. The first-order chi connectivity index (χ1) is 8.91. The molecule has 1 N–H and O–H groups in total. The first kappa shape index (κ1) is 13.8. The average Bonchev–Trinajstić information content (AvgIpc) is 2.60. The van der Waals surface area contributed by atoms with E-state index >= 15 is 0 Å². The van der Waals surface area contributed by atoms with Gasteiger partial charge in [-0.2, -0.15) is 0 Å². The quantitative estimate of drug-likeness (QED) is 0.867. The van der Waals surface area contributed by atoms with Crippen LogP contribution in [0.2, 0.25) is 5.02 Å². The van der Waals surface area contributed by atoms with E-state index < -0.39 is 11.9 Å². The van der Waals surface area contributed by atoms with Crippen molar-refractivity contribution >= 4 is 29.1 Å². The van der Waals surface area contributed by atoms with Crippen molar-refractivity contribution in [3.8, 4) is 0 Å². The molecule has 2 amide bonds. The minimum Gasteiger partial charge on any atom is -0.371 e. The zero-order valence-corrected chi connectivity index (χ0v) is 11.4. The van der Waals surface area contributed by atoms with Crippen LogP contribution < -0.4 is 5.32 Å². The molecule has 2 rings (SSSR count). The van der Waals surface area contributed by atoms with Crippen molar-refractivity contribution < 1.29 is 14.0 Å². The predicted molar refractivity (Wildman–Crippen MR) is 70.4 cm³/mol. The topological polar surface area (TPSA) is 49.4 Å². The Morgan fingerprint density at radius 1 is 1.42 bits per heavy atom. The van der Waals surface area contributed by atoms with Gasteiger partial charge in [-0.1, -0.05) is 17.7 Å². The fourth-order valence-electron chi connectivity index (χ4n) is 2.11. The Labute approximate surface area is 115 Å². The molecule has 0 aromatic heterocycles. The maximum atomic E-state index is 13.7. The highest BCUT2D eigenvalue weighted by molar-refractivity contribution is 6.31. The Hall–Kier alpha value is -1.62. The number of carbonyl (C=O) groups is 2. The van der Waals surface area contributed by atoms with Crippen LogP contribution in [0.15, 0.2) is 18.2 Å². The minimum atomic E-state index is -0.733. The molecular weight excluding hydrogens is 271 g/mol. The molecule has 0 bridgehead atoms. The summed E-state index contributed by atoms with van der Waals surface area (Å²) in [6.07, 6.45) is 0.0307. The highest BCUT2D eigenvalue weighted by atomic mass is 35.5. The summed E-state index contributed by atoms with van der Waals surface area (Å²) in [7, 11) is 0. The molecule has 6 heteroatoms. The van der Waals surface area contributed by atoms with E-state index in [1.165, 1.54) is 17.0 Å². The Kier molecular flexibility index (Phi) is 3.75. The van der Waals surface area contributed by atoms with Crippen LogP contribution in [0.3, 0.4) is 0 Å². The van der Waals surface area contributed by atoms with Gasteiger partial charge < -0.3 is 5.32 Å². The molecule has 1 aliphatic rings. The van der Waals surface area contributed by atoms with Crippen LogP contribution in [0.1, 0.15) is 20.3 Å². The second-order valence-corrected chi connectivity index (χ2v) is 5.11. The van der Waals surface area contributed by atoms with Gasteiger partial charge in [0.05, 0.1) is 17.1 Å². The summed E-state index contributed by atoms with van der Waals surface area (Å²) in [4.78, 5) is 25.0. The zero-order chi connectivity index (χ0) is 14.2. The summed E-state index contributed by atoms with van der Waals surface area (Å²) < 4.78 is 13.7. The number of hydrogen-bond acceptors (Lipinski definition) is 3. The van der Waals surface area contributed by atoms with E-state index in [4.69, 9.17) is 11.6 Å². The van der Waals surface area contributed by atoms with Gasteiger partial charge in [0.25, 0.3) is 5.91 Å². The molecule has 1 unspecified atom stereocenters. The standard InChI is InChI=1S/C13H14ClFN2O2/c1-7(2)17-11(18)6-10(13(17)19)16-9-5-3-4-8(14)12(9)15/h3-5,7,10,16H,6H2,1-2H3. The molecule has 1 fully saturated rings. The summed E-state index contributed by atoms with van der Waals surface area (Å²) in [5.74, 6) is -1.20. The molecule has 0 spiro atoms. The molecule has 0 saturated carbocycles. The maximum absolute atomic E-state index is 13.7. The molecule has 19 heavy (non-hydrogen) atoms. The van der Waals surface area contributed by atoms with Crippen LogP contribution >= 0.6 is 11.6 Å². The third-order valence-corrected chi connectivity index (χ3v) is 3.27. The number of nitrogens with one attached hydrogen (secondary N) is 1. The van der Waals surface area contributed by atoms with Crippen LogP contribution in [0.4, 0.5) is 10.1 Å². The summed E-state index contributed by atoms with van der Waals surface area (Å²) in [5, 5.41) is 2.72. The van der Waals surface area contributed by atoms with Gasteiger partial charge in [0.15, 0.2) is 5.82 Å². The lowest BCUT2D eigenvalue weighted by molar-refractivity contribution is -0.140. The fourth-order valence-corrected chi connectivity index (χ4v) is 2.28. The number of hydrogen-bond donors (Lipinski definition) is 1. The van der Waals surface area contributed by atoms with Gasteiger partial charge in [-0.25, -0.2) is 4.39 Å². The van der Waals surface area contributed by atoms with Crippen molar-refractivity contribution in [3.63, 3.8) is 0 Å². The number of anilines is 1. The van der Waals surface area contributed by atoms with Crippen molar-refractivity contribution in [1.29, 1.82) is 0 Å². The van der Waals surface area contributed by atoms with Crippen molar-refractivity contribution in [1.82, 2.24) is 4.90 Å². The third kappa shape index (κ3) is 2.56. The molecule has 4 nitrogen and oxygen atoms in total. The molecule has 1 aromatic carbocycles. The smallest absolute Gasteiger partial charge is 0.252 e. The van der Waals surface area contributed by atoms with E-state index in [1.807, 2.05) is 0 Å². The predicted octanol–water partition coefficient (Wildman–Crippen LogP) is 2.43. The molecule has 1 aromatic rings. The number of halogens is 2. The van der Waals surface area contributed by atoms with E-state index in [1.54, 1.807) is 19.9 Å². The lowest BCUT2D eigenvalue weighted by Crippen LogP contribution is -2.39. The Morgan fingerprint density at radius 3 is 2.68 bits per heavy atom. The molecular formula is C13H14ClFN2O2. The summed E-state index contributed by atoms with van der Waals surface area (Å²) in [6.45, 7) is 3.52. The maximum Gasteiger partial charge on any atom is 0.252 e. The number of likely N-dealkylation sites (tertiary alicyclic amines) is 1. The second kappa shape index (κ2) is 5.17. The van der Waals surface area contributed by atoms with Crippen molar-refractivity contribution in [2.24, 2.45) is 0 Å². The van der Waals surface area contributed by atoms with E-state index in [0.29, 0.717) is 0 Å². The van der Waals surface area contributed by atoms with Crippen LogP contribution in [-0.2, 0) is 9.59 Å². The number of amides is 2. The molecule has 1 aliphatic heterocycles. The molecule has 102 valence electrons. The number of carbonyl (C=O) groups excluding carboxylic acids is 2. The van der Waals surface area contributed by atoms with E-state index in [9.17, 15) is 14.0 Å². The normalized spacial score (nSPS) is 19.4. The highest BCUT2D eigenvalue weighted by Crippen LogP contribution is 2.25. The molecule has 0 radical (unpaired) electrons. The first-order valence-electron chi connectivity index (χ1n) is 5.98. The summed E-state index contributed by atoms with van der Waals surface area (Å²) >= 11 is 5.67. The first-order valence-corrected chi connectivity index (χ1v) is 6.36. The number of imide groups is 1. The van der Waals surface area contributed by atoms with E-state index in [-0.39, 0.29) is 35.0 Å². The monoisotopic (exact) mass is 284 g/mol. The van der Waals surface area contributed by atoms with Crippen molar-refractivity contribution in [2.75, 3.05) is 5.32 Å². The zero-order valence-electron chi connectivity index (χ0n) is 10.6. The van der Waals surface area contributed by atoms with Crippen molar-refractivity contribution in [3.05, 3.63) is 29.0 Å². The minimum absolute atomic E-state index is 0.0255. The number of nitrogens with zero attached hydrogens (tertiary/aromatic N) is 1. The van der Waals surface area contributed by atoms with Crippen LogP contribution in [0.5, 0.6) is 0 Å². The van der Waals surface area contributed by atoms with Gasteiger partial charge >= 0.3 is 0 Å². The molecule has 1 saturated heterocycles. The van der Waals surface area contributed by atoms with Crippen LogP contribution in [-0.4, -0.2) is 28.8 Å². The lowest BCUT2D eigenvalue weighted by atomic mass is 10.2. The summed E-state index contributed by atoms with van der Waals surface area (Å²) in [5.41, 5.74) is 0.129. The Balaban J connectivity index is 2.19.